The van der Waals surface area contributed by atoms with E-state index in [0.29, 0.717) is 6.04 Å². The van der Waals surface area contributed by atoms with Gasteiger partial charge in [-0.3, -0.25) is 0 Å². The molecule has 1 aliphatic rings. The standard InChI is InChI=1S/C18H18ClFN4/c19-14-10-12(6-7-15(14)20)16-11-24-9-8-21-18(24)17(23-16)22-13-4-2-1-3-5-13/h6-11,13H,1-5H2,(H,22,23). The number of hydrogen-bond acceptors (Lipinski definition) is 3. The molecular weight excluding hydrogens is 327 g/mol. The van der Waals surface area contributed by atoms with Gasteiger partial charge in [-0.1, -0.05) is 30.9 Å². The van der Waals surface area contributed by atoms with Gasteiger partial charge in [0.1, 0.15) is 5.82 Å². The summed E-state index contributed by atoms with van der Waals surface area (Å²) >= 11 is 5.92. The number of halogens is 2. The number of benzene rings is 1. The van der Waals surface area contributed by atoms with Gasteiger partial charge >= 0.3 is 0 Å². The fourth-order valence-corrected chi connectivity index (χ4v) is 3.44. The Morgan fingerprint density at radius 1 is 1.21 bits per heavy atom. The van der Waals surface area contributed by atoms with Crippen LogP contribution in [0.1, 0.15) is 32.1 Å². The molecule has 6 heteroatoms. The van der Waals surface area contributed by atoms with E-state index in [1.54, 1.807) is 18.3 Å². The van der Waals surface area contributed by atoms with E-state index in [-0.39, 0.29) is 5.02 Å². The third kappa shape index (κ3) is 2.96. The largest absolute Gasteiger partial charge is 0.364 e. The van der Waals surface area contributed by atoms with Crippen molar-refractivity contribution in [1.82, 2.24) is 14.4 Å². The van der Waals surface area contributed by atoms with Gasteiger partial charge < -0.3 is 9.72 Å². The van der Waals surface area contributed by atoms with Gasteiger partial charge in [-0.15, -0.1) is 0 Å². The predicted octanol–water partition coefficient (Wildman–Crippen LogP) is 4.93. The highest BCUT2D eigenvalue weighted by atomic mass is 35.5. The van der Waals surface area contributed by atoms with Crippen LogP contribution in [-0.4, -0.2) is 20.4 Å². The molecule has 124 valence electrons. The molecule has 1 aliphatic carbocycles. The molecule has 1 aromatic carbocycles. The molecule has 0 atom stereocenters. The van der Waals surface area contributed by atoms with Gasteiger partial charge in [0.2, 0.25) is 0 Å². The zero-order valence-electron chi connectivity index (χ0n) is 13.2. The molecule has 4 rings (SSSR count). The van der Waals surface area contributed by atoms with Crippen LogP contribution in [0.2, 0.25) is 5.02 Å². The molecule has 0 saturated heterocycles. The van der Waals surface area contributed by atoms with Crippen molar-refractivity contribution >= 4 is 23.1 Å². The summed E-state index contributed by atoms with van der Waals surface area (Å²) in [4.78, 5) is 9.14. The highest BCUT2D eigenvalue weighted by Crippen LogP contribution is 2.27. The molecular formula is C18H18ClFN4. The number of anilines is 1. The number of rotatable bonds is 3. The Bertz CT molecular complexity index is 871. The number of imidazole rings is 1. The van der Waals surface area contributed by atoms with Crippen molar-refractivity contribution in [2.45, 2.75) is 38.1 Å². The molecule has 0 spiro atoms. The van der Waals surface area contributed by atoms with E-state index in [1.807, 2.05) is 16.8 Å². The SMILES string of the molecule is Fc1ccc(-c2cn3ccnc3c(NC3CCCCC3)n2)cc1Cl. The summed E-state index contributed by atoms with van der Waals surface area (Å²) in [5.41, 5.74) is 2.32. The molecule has 1 saturated carbocycles. The van der Waals surface area contributed by atoms with Gasteiger partial charge in [0.15, 0.2) is 11.5 Å². The van der Waals surface area contributed by atoms with Crippen molar-refractivity contribution in [2.24, 2.45) is 0 Å². The number of nitrogens with zero attached hydrogens (tertiary/aromatic N) is 3. The molecule has 0 radical (unpaired) electrons. The summed E-state index contributed by atoms with van der Waals surface area (Å²) in [6.07, 6.45) is 11.6. The second-order valence-electron chi connectivity index (χ2n) is 6.24. The lowest BCUT2D eigenvalue weighted by atomic mass is 9.95. The Hall–Kier alpha value is -2.14. The smallest absolute Gasteiger partial charge is 0.180 e. The summed E-state index contributed by atoms with van der Waals surface area (Å²) in [6, 6.07) is 5.09. The van der Waals surface area contributed by atoms with Gasteiger partial charge in [-0.2, -0.15) is 0 Å². The molecule has 0 unspecified atom stereocenters. The minimum Gasteiger partial charge on any atom is -0.364 e. The highest BCUT2D eigenvalue weighted by Gasteiger charge is 2.17. The average molecular weight is 345 g/mol. The van der Waals surface area contributed by atoms with Gasteiger partial charge in [-0.25, -0.2) is 14.4 Å². The quantitative estimate of drug-likeness (QED) is 0.732. The van der Waals surface area contributed by atoms with Crippen LogP contribution in [0.3, 0.4) is 0 Å². The zero-order valence-corrected chi connectivity index (χ0v) is 13.9. The lowest BCUT2D eigenvalue weighted by Crippen LogP contribution is -2.23. The van der Waals surface area contributed by atoms with Crippen molar-refractivity contribution in [3.05, 3.63) is 47.6 Å². The number of fused-ring (bicyclic) bond motifs is 1. The van der Waals surface area contributed by atoms with Crippen molar-refractivity contribution in [1.29, 1.82) is 0 Å². The van der Waals surface area contributed by atoms with Crippen LogP contribution in [0, 0.1) is 5.82 Å². The van der Waals surface area contributed by atoms with Crippen LogP contribution < -0.4 is 5.32 Å². The minimum atomic E-state index is -0.426. The van der Waals surface area contributed by atoms with Crippen LogP contribution in [0.5, 0.6) is 0 Å². The fourth-order valence-electron chi connectivity index (χ4n) is 3.26. The Labute approximate surface area is 144 Å². The van der Waals surface area contributed by atoms with Crippen LogP contribution in [0.4, 0.5) is 10.2 Å². The van der Waals surface area contributed by atoms with E-state index in [1.165, 1.54) is 25.3 Å². The molecule has 1 fully saturated rings. The van der Waals surface area contributed by atoms with Crippen LogP contribution in [-0.2, 0) is 0 Å². The molecule has 0 bridgehead atoms. The molecule has 2 aromatic heterocycles. The lowest BCUT2D eigenvalue weighted by Gasteiger charge is -2.23. The predicted molar refractivity (Wildman–Crippen MR) is 93.9 cm³/mol. The van der Waals surface area contributed by atoms with Crippen LogP contribution in [0.15, 0.2) is 36.8 Å². The monoisotopic (exact) mass is 344 g/mol. The molecule has 0 amide bonds. The van der Waals surface area contributed by atoms with E-state index in [9.17, 15) is 4.39 Å². The molecule has 4 nitrogen and oxygen atoms in total. The first kappa shape index (κ1) is 15.4. The van der Waals surface area contributed by atoms with Gasteiger partial charge in [0.05, 0.1) is 10.7 Å². The minimum absolute atomic E-state index is 0.0989. The maximum atomic E-state index is 13.4. The fraction of sp³-hybridized carbons (Fsp3) is 0.333. The molecule has 1 N–H and O–H groups in total. The zero-order chi connectivity index (χ0) is 16.5. The van der Waals surface area contributed by atoms with E-state index >= 15 is 0 Å². The van der Waals surface area contributed by atoms with Crippen molar-refractivity contribution in [3.8, 4) is 11.3 Å². The first-order valence-electron chi connectivity index (χ1n) is 8.26. The highest BCUT2D eigenvalue weighted by molar-refractivity contribution is 6.31. The van der Waals surface area contributed by atoms with E-state index in [2.05, 4.69) is 10.3 Å². The topological polar surface area (TPSA) is 42.2 Å². The Morgan fingerprint density at radius 2 is 2.04 bits per heavy atom. The van der Waals surface area contributed by atoms with E-state index < -0.39 is 5.82 Å². The number of hydrogen-bond donors (Lipinski definition) is 1. The average Bonchev–Trinajstić information content (AvgIpc) is 3.07. The first-order valence-corrected chi connectivity index (χ1v) is 8.64. The second-order valence-corrected chi connectivity index (χ2v) is 6.65. The summed E-state index contributed by atoms with van der Waals surface area (Å²) < 4.78 is 15.4. The summed E-state index contributed by atoms with van der Waals surface area (Å²) in [6.45, 7) is 0. The normalized spacial score (nSPS) is 15.8. The maximum Gasteiger partial charge on any atom is 0.180 e. The molecule has 3 aromatic rings. The molecule has 0 aliphatic heterocycles. The first-order chi connectivity index (χ1) is 11.7. The lowest BCUT2D eigenvalue weighted by molar-refractivity contribution is 0.462. The van der Waals surface area contributed by atoms with Gasteiger partial charge in [0, 0.05) is 30.2 Å². The van der Waals surface area contributed by atoms with E-state index in [0.717, 1.165) is 35.6 Å². The Balaban J connectivity index is 1.75. The van der Waals surface area contributed by atoms with Gasteiger partial charge in [0.25, 0.3) is 0 Å². The van der Waals surface area contributed by atoms with Gasteiger partial charge in [-0.05, 0) is 31.0 Å². The van der Waals surface area contributed by atoms with Crippen molar-refractivity contribution < 1.29 is 4.39 Å². The van der Waals surface area contributed by atoms with Crippen molar-refractivity contribution in [2.75, 3.05) is 5.32 Å². The van der Waals surface area contributed by atoms with Crippen LogP contribution >= 0.6 is 11.6 Å². The summed E-state index contributed by atoms with van der Waals surface area (Å²) in [5.74, 6) is 0.342. The Morgan fingerprint density at radius 3 is 2.83 bits per heavy atom. The number of aromatic nitrogens is 3. The Kier molecular flexibility index (Phi) is 4.10. The second kappa shape index (κ2) is 6.40. The molecule has 24 heavy (non-hydrogen) atoms. The maximum absolute atomic E-state index is 13.4. The van der Waals surface area contributed by atoms with Crippen molar-refractivity contribution in [3.63, 3.8) is 0 Å². The summed E-state index contributed by atoms with van der Waals surface area (Å²) in [7, 11) is 0. The van der Waals surface area contributed by atoms with Crippen LogP contribution in [0.25, 0.3) is 16.9 Å². The molecule has 2 heterocycles. The van der Waals surface area contributed by atoms with E-state index in [4.69, 9.17) is 16.6 Å². The third-order valence-electron chi connectivity index (χ3n) is 4.54. The third-order valence-corrected chi connectivity index (χ3v) is 4.83. The summed E-state index contributed by atoms with van der Waals surface area (Å²) in [5, 5.41) is 3.64. The number of nitrogens with one attached hydrogen (secondary N) is 1.